The van der Waals surface area contributed by atoms with Gasteiger partial charge < -0.3 is 10.6 Å². The third-order valence-electron chi connectivity index (χ3n) is 7.89. The Labute approximate surface area is 247 Å². The van der Waals surface area contributed by atoms with Gasteiger partial charge in [0, 0.05) is 11.4 Å². The highest BCUT2D eigenvalue weighted by atomic mass is 19.4. The highest BCUT2D eigenvalue weighted by molar-refractivity contribution is 5.97. The van der Waals surface area contributed by atoms with Crippen molar-refractivity contribution in [1.82, 2.24) is 10.6 Å². The predicted molar refractivity (Wildman–Crippen MR) is 146 cm³/mol. The van der Waals surface area contributed by atoms with E-state index in [9.17, 15) is 35.9 Å². The van der Waals surface area contributed by atoms with Crippen LogP contribution in [0, 0.1) is 22.7 Å². The fraction of sp³-hybridized carbons (Fsp3) is 0.333. The lowest BCUT2D eigenvalue weighted by Gasteiger charge is -2.27. The Morgan fingerprint density at radius 2 is 1.25 bits per heavy atom. The van der Waals surface area contributed by atoms with Crippen molar-refractivity contribution in [3.63, 3.8) is 0 Å². The van der Waals surface area contributed by atoms with Crippen LogP contribution in [0.15, 0.2) is 60.7 Å². The highest BCUT2D eigenvalue weighted by Crippen LogP contribution is 2.38. The molecule has 2 aliphatic heterocycles. The van der Waals surface area contributed by atoms with Gasteiger partial charge in [-0.2, -0.15) is 36.9 Å². The molecule has 2 N–H and O–H groups in total. The Bertz CT molecular complexity index is 1620. The van der Waals surface area contributed by atoms with Crippen molar-refractivity contribution in [2.45, 2.75) is 62.2 Å². The van der Waals surface area contributed by atoms with Crippen molar-refractivity contribution >= 4 is 23.4 Å². The first-order chi connectivity index (χ1) is 20.8. The number of alkyl halides is 6. The number of carbonyl (C=O) groups excluding carboxylic acids is 2. The number of amides is 4. The second-order valence-corrected chi connectivity index (χ2v) is 10.5. The molecular weight excluding hydrogens is 590 g/mol. The molecular formula is C30H24F6N6O2. The third-order valence-corrected chi connectivity index (χ3v) is 7.89. The van der Waals surface area contributed by atoms with E-state index in [2.05, 4.69) is 10.6 Å². The van der Waals surface area contributed by atoms with E-state index in [0.717, 1.165) is 37.1 Å². The molecule has 8 nitrogen and oxygen atoms in total. The Balaban J connectivity index is 0.000000175. The minimum Gasteiger partial charge on any atom is -0.333 e. The fourth-order valence-electron chi connectivity index (χ4n) is 5.85. The first-order valence-electron chi connectivity index (χ1n) is 13.6. The van der Waals surface area contributed by atoms with Gasteiger partial charge in [-0.25, -0.2) is 9.59 Å². The van der Waals surface area contributed by atoms with Crippen LogP contribution in [0.25, 0.3) is 0 Å². The molecule has 2 fully saturated rings. The first-order valence-corrected chi connectivity index (χ1v) is 13.6. The standard InChI is InChI=1S/2C15H12F3N3O/c2*16-15(17,18)11-7-10(6-5-9(11)8-19)21-13-4-2-1-3-12(13)20-14(21)22/h2,4-7,12-13H,1,3H2,(H,20,22);1-2,5-7,12-13H,3-4H2,(H,20,22)/t2*12-,13-/m00/s1. The molecule has 0 unspecified atom stereocenters. The van der Waals surface area contributed by atoms with Crippen molar-refractivity contribution in [2.24, 2.45) is 0 Å². The van der Waals surface area contributed by atoms with Gasteiger partial charge in [-0.05, 0) is 62.1 Å². The van der Waals surface area contributed by atoms with E-state index < -0.39 is 46.7 Å². The number of hydrogen-bond acceptors (Lipinski definition) is 4. The number of urea groups is 2. The summed E-state index contributed by atoms with van der Waals surface area (Å²) in [5.41, 5.74) is -2.64. The number of hydrogen-bond donors (Lipinski definition) is 2. The van der Waals surface area contributed by atoms with E-state index in [1.165, 1.54) is 34.1 Å². The van der Waals surface area contributed by atoms with Crippen LogP contribution in [0.2, 0.25) is 0 Å². The maximum Gasteiger partial charge on any atom is 0.417 e. The molecule has 0 radical (unpaired) electrons. The summed E-state index contributed by atoms with van der Waals surface area (Å²) in [5.74, 6) is 0. The molecule has 2 heterocycles. The molecule has 0 spiro atoms. The summed E-state index contributed by atoms with van der Waals surface area (Å²) in [6.07, 6.45) is 1.18. The molecule has 2 aromatic carbocycles. The zero-order valence-electron chi connectivity index (χ0n) is 22.8. The molecule has 14 heteroatoms. The van der Waals surface area contributed by atoms with Crippen LogP contribution in [0.1, 0.15) is 47.9 Å². The lowest BCUT2D eigenvalue weighted by molar-refractivity contribution is -0.138. The van der Waals surface area contributed by atoms with Crippen LogP contribution in [-0.4, -0.2) is 36.2 Å². The van der Waals surface area contributed by atoms with E-state index >= 15 is 0 Å². The maximum absolute atomic E-state index is 13.1. The van der Waals surface area contributed by atoms with Gasteiger partial charge in [0.2, 0.25) is 0 Å². The molecule has 2 aromatic rings. The molecule has 0 aromatic heterocycles. The summed E-state index contributed by atoms with van der Waals surface area (Å²) in [4.78, 5) is 26.9. The predicted octanol–water partition coefficient (Wildman–Crippen LogP) is 6.39. The summed E-state index contributed by atoms with van der Waals surface area (Å²) in [6.45, 7) is 0. The van der Waals surface area contributed by atoms with Crippen LogP contribution in [-0.2, 0) is 12.4 Å². The number of fused-ring (bicyclic) bond motifs is 2. The number of carbonyl (C=O) groups is 2. The quantitative estimate of drug-likeness (QED) is 0.302. The Morgan fingerprint density at radius 3 is 1.82 bits per heavy atom. The number of rotatable bonds is 2. The molecule has 44 heavy (non-hydrogen) atoms. The van der Waals surface area contributed by atoms with Gasteiger partial charge >= 0.3 is 24.4 Å². The van der Waals surface area contributed by atoms with E-state index in [0.29, 0.717) is 12.8 Å². The highest BCUT2D eigenvalue weighted by Gasteiger charge is 2.43. The minimum absolute atomic E-state index is 0.0949. The monoisotopic (exact) mass is 614 g/mol. The van der Waals surface area contributed by atoms with Crippen molar-refractivity contribution in [3.05, 3.63) is 83.0 Å². The molecule has 2 saturated heterocycles. The van der Waals surface area contributed by atoms with Gasteiger partial charge in [0.25, 0.3) is 0 Å². The van der Waals surface area contributed by atoms with Gasteiger partial charge in [-0.3, -0.25) is 9.80 Å². The van der Waals surface area contributed by atoms with Crippen molar-refractivity contribution in [3.8, 4) is 12.1 Å². The lowest BCUT2D eigenvalue weighted by atomic mass is 9.96. The first kappa shape index (κ1) is 30.5. The lowest BCUT2D eigenvalue weighted by Crippen LogP contribution is -2.37. The van der Waals surface area contributed by atoms with Gasteiger partial charge in [-0.15, -0.1) is 0 Å². The zero-order chi connectivity index (χ0) is 31.8. The molecule has 6 rings (SSSR count). The summed E-state index contributed by atoms with van der Waals surface area (Å²) >= 11 is 0. The topological polar surface area (TPSA) is 112 Å². The van der Waals surface area contributed by atoms with Crippen molar-refractivity contribution < 1.29 is 35.9 Å². The molecule has 228 valence electrons. The second-order valence-electron chi connectivity index (χ2n) is 10.5. The molecule has 0 bridgehead atoms. The number of nitrogens with zero attached hydrogens (tertiary/aromatic N) is 4. The van der Waals surface area contributed by atoms with Crippen molar-refractivity contribution in [1.29, 1.82) is 10.5 Å². The van der Waals surface area contributed by atoms with Crippen LogP contribution in [0.5, 0.6) is 0 Å². The summed E-state index contributed by atoms with van der Waals surface area (Å²) < 4.78 is 78.3. The maximum atomic E-state index is 13.1. The van der Waals surface area contributed by atoms with Crippen molar-refractivity contribution in [2.75, 3.05) is 9.80 Å². The van der Waals surface area contributed by atoms with Crippen LogP contribution < -0.4 is 20.4 Å². The van der Waals surface area contributed by atoms with Gasteiger partial charge in [0.15, 0.2) is 0 Å². The van der Waals surface area contributed by atoms with Gasteiger partial charge in [0.1, 0.15) is 0 Å². The number of nitrogens with one attached hydrogen (secondary N) is 2. The van der Waals surface area contributed by atoms with Gasteiger partial charge in [0.05, 0.1) is 58.6 Å². The average molecular weight is 615 g/mol. The Morgan fingerprint density at radius 1 is 0.727 bits per heavy atom. The molecule has 4 amide bonds. The van der Waals surface area contributed by atoms with Crippen LogP contribution in [0.3, 0.4) is 0 Å². The van der Waals surface area contributed by atoms with Gasteiger partial charge in [-0.1, -0.05) is 24.3 Å². The number of benzene rings is 2. The van der Waals surface area contributed by atoms with E-state index in [4.69, 9.17) is 10.5 Å². The number of halogens is 6. The third kappa shape index (κ3) is 5.80. The average Bonchev–Trinajstić information content (AvgIpc) is 3.50. The largest absolute Gasteiger partial charge is 0.417 e. The Hall–Kier alpha value is -4.98. The summed E-state index contributed by atoms with van der Waals surface area (Å²) in [6, 6.07) is 8.27. The number of nitriles is 2. The van der Waals surface area contributed by atoms with Crippen LogP contribution >= 0.6 is 0 Å². The minimum atomic E-state index is -4.64. The summed E-state index contributed by atoms with van der Waals surface area (Å²) in [7, 11) is 0. The normalized spacial score (nSPS) is 23.9. The van der Waals surface area contributed by atoms with Crippen LogP contribution in [0.4, 0.5) is 47.3 Å². The second kappa shape index (κ2) is 11.6. The summed E-state index contributed by atoms with van der Waals surface area (Å²) in [5, 5.41) is 23.2. The zero-order valence-corrected chi connectivity index (χ0v) is 22.8. The number of allylic oxidation sites excluding steroid dienone is 1. The molecule has 4 aliphatic rings. The van der Waals surface area contributed by atoms with E-state index in [1.807, 2.05) is 24.3 Å². The Kier molecular flexibility index (Phi) is 8.04. The number of anilines is 2. The van der Waals surface area contributed by atoms with E-state index in [1.54, 1.807) is 0 Å². The smallest absolute Gasteiger partial charge is 0.333 e. The SMILES string of the molecule is N#Cc1ccc(N2C(=O)N[C@H]3CC=CC[C@@H]32)cc1C(F)(F)F.N#Cc1ccc(N2C(=O)N[C@H]3CCC=C[C@@H]32)cc1C(F)(F)F. The fourth-order valence-corrected chi connectivity index (χ4v) is 5.85. The molecule has 2 aliphatic carbocycles. The molecule has 0 saturated carbocycles. The van der Waals surface area contributed by atoms with E-state index in [-0.39, 0.29) is 35.5 Å². The molecule has 4 atom stereocenters.